The van der Waals surface area contributed by atoms with Crippen LogP contribution in [0.5, 0.6) is 0 Å². The van der Waals surface area contributed by atoms with Gasteiger partial charge in [-0.2, -0.15) is 0 Å². The number of amides is 2. The highest BCUT2D eigenvalue weighted by Gasteiger charge is 2.44. The number of benzene rings is 2. The highest BCUT2D eigenvalue weighted by atomic mass is 16.6. The van der Waals surface area contributed by atoms with E-state index in [1.54, 1.807) is 0 Å². The van der Waals surface area contributed by atoms with E-state index in [0.29, 0.717) is 6.42 Å². The van der Waals surface area contributed by atoms with Crippen LogP contribution in [-0.2, 0) is 9.53 Å². The average Bonchev–Trinajstić information content (AvgIpc) is 3.03. The third-order valence-corrected chi connectivity index (χ3v) is 4.92. The molecule has 0 saturated carbocycles. The summed E-state index contributed by atoms with van der Waals surface area (Å²) < 4.78 is 5.32. The third kappa shape index (κ3) is 4.11. The quantitative estimate of drug-likeness (QED) is 0.695. The van der Waals surface area contributed by atoms with E-state index < -0.39 is 6.09 Å². The molecule has 2 amide bonds. The van der Waals surface area contributed by atoms with E-state index in [0.717, 1.165) is 16.7 Å². The van der Waals surface area contributed by atoms with Gasteiger partial charge in [0.05, 0.1) is 6.04 Å². The summed E-state index contributed by atoms with van der Waals surface area (Å²) in [6.07, 6.45) is -0.00753. The smallest absolute Gasteiger partial charge is 0.417 e. The molecule has 2 aromatic rings. The van der Waals surface area contributed by atoms with E-state index in [-0.39, 0.29) is 30.4 Å². The Morgan fingerprint density at radius 1 is 1.11 bits per heavy atom. The largest absolute Gasteiger partial charge is 0.447 e. The number of hydrogen-bond donors (Lipinski definition) is 0. The first-order chi connectivity index (χ1) is 13.0. The Morgan fingerprint density at radius 2 is 1.63 bits per heavy atom. The fourth-order valence-corrected chi connectivity index (χ4v) is 3.74. The topological polar surface area (TPSA) is 46.6 Å². The molecule has 0 spiro atoms. The lowest BCUT2D eigenvalue weighted by Crippen LogP contribution is -2.45. The number of hydrogen-bond acceptors (Lipinski definition) is 3. The minimum Gasteiger partial charge on any atom is -0.447 e. The molecule has 1 saturated heterocycles. The van der Waals surface area contributed by atoms with Gasteiger partial charge in [-0.25, -0.2) is 9.69 Å². The zero-order valence-electron chi connectivity index (χ0n) is 15.8. The molecule has 140 valence electrons. The van der Waals surface area contributed by atoms with Crippen LogP contribution in [0.4, 0.5) is 4.79 Å². The molecule has 1 unspecified atom stereocenters. The van der Waals surface area contributed by atoms with E-state index in [4.69, 9.17) is 4.74 Å². The van der Waals surface area contributed by atoms with Crippen molar-refractivity contribution in [1.29, 1.82) is 0 Å². The summed E-state index contributed by atoms with van der Waals surface area (Å²) in [5, 5.41) is 0. The first kappa shape index (κ1) is 18.9. The van der Waals surface area contributed by atoms with Gasteiger partial charge in [0, 0.05) is 11.8 Å². The molecular weight excluding hydrogens is 338 g/mol. The summed E-state index contributed by atoms with van der Waals surface area (Å²) in [7, 11) is 0. The maximum absolute atomic E-state index is 13.1. The van der Waals surface area contributed by atoms with Crippen molar-refractivity contribution in [2.45, 2.75) is 32.2 Å². The van der Waals surface area contributed by atoms with Crippen LogP contribution in [0.15, 0.2) is 72.8 Å². The van der Waals surface area contributed by atoms with Crippen molar-refractivity contribution in [3.8, 4) is 0 Å². The van der Waals surface area contributed by atoms with Gasteiger partial charge in [0.2, 0.25) is 5.91 Å². The molecule has 2 atom stereocenters. The molecule has 1 aliphatic rings. The highest BCUT2D eigenvalue weighted by molar-refractivity contribution is 5.95. The number of rotatable bonds is 6. The van der Waals surface area contributed by atoms with Crippen LogP contribution in [0.25, 0.3) is 0 Å². The summed E-state index contributed by atoms with van der Waals surface area (Å²) in [5.74, 6) is -0.662. The van der Waals surface area contributed by atoms with Crippen LogP contribution >= 0.6 is 0 Å². The fraction of sp³-hybridized carbons (Fsp3) is 0.304. The number of nitrogens with zero attached hydrogens (tertiary/aromatic N) is 1. The van der Waals surface area contributed by atoms with E-state index in [1.807, 2.05) is 74.5 Å². The number of imide groups is 1. The molecule has 0 aromatic heterocycles. The predicted molar refractivity (Wildman–Crippen MR) is 105 cm³/mol. The molecule has 4 heteroatoms. The van der Waals surface area contributed by atoms with Crippen LogP contribution in [-0.4, -0.2) is 29.5 Å². The summed E-state index contributed by atoms with van der Waals surface area (Å²) in [6.45, 7) is 7.80. The molecule has 1 heterocycles. The molecule has 0 aliphatic carbocycles. The fourth-order valence-electron chi connectivity index (χ4n) is 3.74. The lowest BCUT2D eigenvalue weighted by atomic mass is 9.84. The Hall–Kier alpha value is -2.88. The Morgan fingerprint density at radius 3 is 2.11 bits per heavy atom. The van der Waals surface area contributed by atoms with Crippen molar-refractivity contribution in [3.63, 3.8) is 0 Å². The van der Waals surface area contributed by atoms with E-state index >= 15 is 0 Å². The summed E-state index contributed by atoms with van der Waals surface area (Å²) in [6, 6.07) is 19.5. The van der Waals surface area contributed by atoms with Gasteiger partial charge < -0.3 is 4.74 Å². The number of carbonyl (C=O) groups excluding carboxylic acids is 2. The Kier molecular flexibility index (Phi) is 5.75. The molecule has 0 bridgehead atoms. The third-order valence-electron chi connectivity index (χ3n) is 4.92. The molecule has 2 aromatic carbocycles. The zero-order chi connectivity index (χ0) is 19.4. The Bertz CT molecular complexity index is 777. The van der Waals surface area contributed by atoms with Crippen molar-refractivity contribution >= 4 is 12.0 Å². The van der Waals surface area contributed by atoms with Gasteiger partial charge in [-0.1, -0.05) is 73.2 Å². The molecule has 1 fully saturated rings. The maximum Gasteiger partial charge on any atom is 0.417 e. The standard InChI is InChI=1S/C23H25NO3/c1-16(2)14-17(3)22(25)24-20(15-27-23(24)26)21(18-10-6-4-7-11-18)19-12-8-5-9-13-19/h4-13,17,20-21H,1,14-15H2,2-3H3/t17?,20-/m1/s1. The van der Waals surface area contributed by atoms with Gasteiger partial charge in [-0.3, -0.25) is 4.79 Å². The van der Waals surface area contributed by atoms with Crippen molar-refractivity contribution in [2.75, 3.05) is 6.61 Å². The second-order valence-electron chi connectivity index (χ2n) is 7.21. The van der Waals surface area contributed by atoms with Crippen LogP contribution in [0.2, 0.25) is 0 Å². The molecule has 27 heavy (non-hydrogen) atoms. The second kappa shape index (κ2) is 8.21. The number of ether oxygens (including phenoxy) is 1. The molecule has 0 radical (unpaired) electrons. The van der Waals surface area contributed by atoms with Gasteiger partial charge in [-0.15, -0.1) is 6.58 Å². The van der Waals surface area contributed by atoms with Crippen LogP contribution < -0.4 is 0 Å². The van der Waals surface area contributed by atoms with Crippen molar-refractivity contribution in [2.24, 2.45) is 5.92 Å². The van der Waals surface area contributed by atoms with Gasteiger partial charge >= 0.3 is 6.09 Å². The van der Waals surface area contributed by atoms with Gasteiger partial charge in [-0.05, 0) is 24.5 Å². The number of allylic oxidation sites excluding steroid dienone is 1. The number of cyclic esters (lactones) is 1. The van der Waals surface area contributed by atoms with Crippen LogP contribution in [0.1, 0.15) is 37.3 Å². The molecule has 4 nitrogen and oxygen atoms in total. The van der Waals surface area contributed by atoms with Crippen LogP contribution in [0.3, 0.4) is 0 Å². The lowest BCUT2D eigenvalue weighted by molar-refractivity contribution is -0.133. The van der Waals surface area contributed by atoms with E-state index in [1.165, 1.54) is 4.90 Å². The zero-order valence-corrected chi connectivity index (χ0v) is 15.8. The van der Waals surface area contributed by atoms with E-state index in [2.05, 4.69) is 6.58 Å². The number of carbonyl (C=O) groups is 2. The average molecular weight is 363 g/mol. The normalized spacial score (nSPS) is 17.7. The summed E-state index contributed by atoms with van der Waals surface area (Å²) in [4.78, 5) is 26.8. The minimum absolute atomic E-state index is 0.139. The second-order valence-corrected chi connectivity index (χ2v) is 7.21. The predicted octanol–water partition coefficient (Wildman–Crippen LogP) is 4.77. The molecular formula is C23H25NO3. The monoisotopic (exact) mass is 363 g/mol. The Labute approximate surface area is 160 Å². The first-order valence-electron chi connectivity index (χ1n) is 9.23. The SMILES string of the molecule is C=C(C)CC(C)C(=O)N1C(=O)OC[C@@H]1C(c1ccccc1)c1ccccc1. The molecule has 1 aliphatic heterocycles. The van der Waals surface area contributed by atoms with Gasteiger partial charge in [0.15, 0.2) is 0 Å². The first-order valence-corrected chi connectivity index (χ1v) is 9.23. The van der Waals surface area contributed by atoms with Crippen molar-refractivity contribution in [1.82, 2.24) is 4.90 Å². The Balaban J connectivity index is 1.99. The van der Waals surface area contributed by atoms with E-state index in [9.17, 15) is 9.59 Å². The summed E-state index contributed by atoms with van der Waals surface area (Å²) in [5.41, 5.74) is 3.03. The van der Waals surface area contributed by atoms with Crippen molar-refractivity contribution in [3.05, 3.63) is 83.9 Å². The van der Waals surface area contributed by atoms with Gasteiger partial charge in [0.25, 0.3) is 0 Å². The molecule has 3 rings (SSSR count). The molecule has 0 N–H and O–H groups in total. The minimum atomic E-state index is -0.560. The maximum atomic E-state index is 13.1. The van der Waals surface area contributed by atoms with Gasteiger partial charge in [0.1, 0.15) is 6.61 Å². The van der Waals surface area contributed by atoms with Crippen molar-refractivity contribution < 1.29 is 14.3 Å². The highest BCUT2D eigenvalue weighted by Crippen LogP contribution is 2.35. The van der Waals surface area contributed by atoms with Crippen LogP contribution in [0, 0.1) is 5.92 Å². The lowest BCUT2D eigenvalue weighted by Gasteiger charge is -2.30. The summed E-state index contributed by atoms with van der Waals surface area (Å²) >= 11 is 0.